The van der Waals surface area contributed by atoms with Crippen molar-refractivity contribution in [2.24, 2.45) is 5.73 Å². The summed E-state index contributed by atoms with van der Waals surface area (Å²) >= 11 is 0. The largest absolute Gasteiger partial charge is 0.440 e. The van der Waals surface area contributed by atoms with Crippen molar-refractivity contribution in [3.63, 3.8) is 0 Å². The van der Waals surface area contributed by atoms with Gasteiger partial charge in [-0.15, -0.1) is 0 Å². The molecule has 0 spiro atoms. The quantitative estimate of drug-likeness (QED) is 0.830. The fourth-order valence-electron chi connectivity index (χ4n) is 4.49. The summed E-state index contributed by atoms with van der Waals surface area (Å²) in [5.41, 5.74) is 13.9. The lowest BCUT2D eigenvalue weighted by atomic mass is 9.78. The summed E-state index contributed by atoms with van der Waals surface area (Å²) in [4.78, 5) is 1.36. The highest BCUT2D eigenvalue weighted by atomic mass is 16.5. The van der Waals surface area contributed by atoms with Crippen LogP contribution in [-0.4, -0.2) is 13.1 Å². The van der Waals surface area contributed by atoms with E-state index in [0.717, 1.165) is 47.5 Å². The monoisotopic (exact) mass is 398 g/mol. The number of benzene rings is 2. The first-order valence-corrected chi connectivity index (χ1v) is 10.5. The number of nitrogens with two attached hydrogens (primary N) is 1. The average Bonchev–Trinajstić information content (AvgIpc) is 2.75. The number of hydrogen-bond acceptors (Lipinski definition) is 3. The number of hydrogen-bond donors (Lipinski definition) is 2. The second kappa shape index (κ2) is 8.22. The molecule has 2 aromatic carbocycles. The average molecular weight is 399 g/mol. The van der Waals surface area contributed by atoms with E-state index in [4.69, 9.17) is 10.5 Å². The van der Waals surface area contributed by atoms with Crippen LogP contribution in [0.1, 0.15) is 35.1 Å². The Morgan fingerprint density at radius 1 is 1.10 bits per heavy atom. The van der Waals surface area contributed by atoms with Gasteiger partial charge in [-0.3, -0.25) is 0 Å². The van der Waals surface area contributed by atoms with Gasteiger partial charge in [-0.2, -0.15) is 5.26 Å². The molecule has 0 saturated heterocycles. The second-order valence-electron chi connectivity index (χ2n) is 8.10. The van der Waals surface area contributed by atoms with Crippen molar-refractivity contribution < 1.29 is 9.64 Å². The molecular formula is C26H28N3O+. The predicted molar refractivity (Wildman–Crippen MR) is 118 cm³/mol. The molecule has 0 radical (unpaired) electrons. The van der Waals surface area contributed by atoms with Crippen LogP contribution in [0, 0.1) is 25.2 Å². The number of rotatable bonds is 4. The molecule has 152 valence electrons. The number of aryl methyl sites for hydroxylation is 2. The SMILES string of the molecule is CC[NH+]1C=C(Cc2ccccc2C)C2=C(C1)C(c1ccccc1C)C(C#N)=C(N)O2. The molecule has 2 atom stereocenters. The zero-order valence-electron chi connectivity index (χ0n) is 17.8. The fourth-order valence-corrected chi connectivity index (χ4v) is 4.49. The van der Waals surface area contributed by atoms with Gasteiger partial charge in [0.1, 0.15) is 30.1 Å². The number of nitriles is 1. The minimum atomic E-state index is -0.165. The molecule has 2 unspecified atom stereocenters. The molecule has 2 aliphatic rings. The zero-order valence-corrected chi connectivity index (χ0v) is 17.8. The van der Waals surface area contributed by atoms with Gasteiger partial charge in [-0.05, 0) is 43.0 Å². The summed E-state index contributed by atoms with van der Waals surface area (Å²) in [5.74, 6) is 0.905. The van der Waals surface area contributed by atoms with Crippen molar-refractivity contribution >= 4 is 0 Å². The van der Waals surface area contributed by atoms with Gasteiger partial charge in [0.2, 0.25) is 5.88 Å². The molecule has 2 heterocycles. The summed E-state index contributed by atoms with van der Waals surface area (Å²) < 4.78 is 6.14. The molecule has 0 bridgehead atoms. The van der Waals surface area contributed by atoms with Gasteiger partial charge in [0.15, 0.2) is 0 Å². The summed E-state index contributed by atoms with van der Waals surface area (Å²) in [6.07, 6.45) is 3.05. The minimum Gasteiger partial charge on any atom is -0.440 e. The smallest absolute Gasteiger partial charge is 0.205 e. The highest BCUT2D eigenvalue weighted by Gasteiger charge is 2.39. The molecule has 30 heavy (non-hydrogen) atoms. The molecule has 0 amide bonds. The van der Waals surface area contributed by atoms with Gasteiger partial charge >= 0.3 is 0 Å². The molecule has 0 aliphatic carbocycles. The lowest BCUT2D eigenvalue weighted by Crippen LogP contribution is -3.08. The van der Waals surface area contributed by atoms with Crippen molar-refractivity contribution in [2.45, 2.75) is 33.1 Å². The summed E-state index contributed by atoms with van der Waals surface area (Å²) in [5, 5.41) is 9.92. The molecule has 0 saturated carbocycles. The van der Waals surface area contributed by atoms with Crippen molar-refractivity contribution in [2.75, 3.05) is 13.1 Å². The van der Waals surface area contributed by atoms with Crippen molar-refractivity contribution in [3.05, 3.63) is 105 Å². The van der Waals surface area contributed by atoms with E-state index in [2.05, 4.69) is 69.4 Å². The third kappa shape index (κ3) is 3.53. The van der Waals surface area contributed by atoms with Crippen molar-refractivity contribution in [1.29, 1.82) is 5.26 Å². The van der Waals surface area contributed by atoms with Gasteiger partial charge < -0.3 is 15.4 Å². The Bertz CT molecular complexity index is 1120. The summed E-state index contributed by atoms with van der Waals surface area (Å²) in [6.45, 7) is 8.19. The number of nitrogens with zero attached hydrogens (tertiary/aromatic N) is 1. The third-order valence-electron chi connectivity index (χ3n) is 6.21. The minimum absolute atomic E-state index is 0.165. The van der Waals surface area contributed by atoms with Gasteiger partial charge in [0.05, 0.1) is 18.0 Å². The standard InChI is InChI=1S/C26H27N3O/c1-4-29-15-20(13-19-11-7-5-9-17(19)2)25-23(16-29)24(22(14-27)26(28)30-25)21-12-8-6-10-18(21)3/h5-12,15,24H,4,13,16,28H2,1-3H3/p+1. The molecule has 0 aromatic heterocycles. The second-order valence-corrected chi connectivity index (χ2v) is 8.10. The molecule has 4 heteroatoms. The van der Waals surface area contributed by atoms with E-state index in [1.807, 2.05) is 12.1 Å². The van der Waals surface area contributed by atoms with Gasteiger partial charge in [-0.1, -0.05) is 48.5 Å². The Balaban J connectivity index is 1.85. The van der Waals surface area contributed by atoms with Gasteiger partial charge in [-0.25, -0.2) is 0 Å². The van der Waals surface area contributed by atoms with Crippen LogP contribution >= 0.6 is 0 Å². The number of ether oxygens (including phenoxy) is 1. The molecule has 2 aliphatic heterocycles. The maximum atomic E-state index is 9.92. The Labute approximate surface area is 178 Å². The zero-order chi connectivity index (χ0) is 21.3. The Hall–Kier alpha value is -3.29. The first-order chi connectivity index (χ1) is 14.5. The molecule has 3 N–H and O–H groups in total. The summed E-state index contributed by atoms with van der Waals surface area (Å²) in [7, 11) is 0. The van der Waals surface area contributed by atoms with Gasteiger partial charge in [0.25, 0.3) is 0 Å². The highest BCUT2D eigenvalue weighted by Crippen LogP contribution is 2.42. The van der Waals surface area contributed by atoms with Crippen molar-refractivity contribution in [3.8, 4) is 6.07 Å². The third-order valence-corrected chi connectivity index (χ3v) is 6.21. The molecule has 4 nitrogen and oxygen atoms in total. The maximum absolute atomic E-state index is 9.92. The van der Waals surface area contributed by atoms with Crippen molar-refractivity contribution in [1.82, 2.24) is 0 Å². The maximum Gasteiger partial charge on any atom is 0.205 e. The van der Waals surface area contributed by atoms with Crippen LogP contribution in [0.2, 0.25) is 0 Å². The van der Waals surface area contributed by atoms with E-state index >= 15 is 0 Å². The Kier molecular flexibility index (Phi) is 5.48. The number of allylic oxidation sites excluding steroid dienone is 2. The Morgan fingerprint density at radius 2 is 1.80 bits per heavy atom. The predicted octanol–water partition coefficient (Wildman–Crippen LogP) is 3.41. The van der Waals surface area contributed by atoms with Crippen LogP contribution < -0.4 is 10.6 Å². The van der Waals surface area contributed by atoms with E-state index in [0.29, 0.717) is 5.57 Å². The van der Waals surface area contributed by atoms with Crippen LogP contribution in [-0.2, 0) is 11.2 Å². The molecule has 4 rings (SSSR count). The van der Waals surface area contributed by atoms with Crippen LogP contribution in [0.25, 0.3) is 0 Å². The normalized spacial score (nSPS) is 20.9. The lowest BCUT2D eigenvalue weighted by Gasteiger charge is -2.34. The summed E-state index contributed by atoms with van der Waals surface area (Å²) in [6, 6.07) is 19.0. The van der Waals surface area contributed by atoms with Crippen LogP contribution in [0.4, 0.5) is 0 Å². The van der Waals surface area contributed by atoms with Gasteiger partial charge in [0, 0.05) is 12.0 Å². The highest BCUT2D eigenvalue weighted by molar-refractivity contribution is 5.55. The Morgan fingerprint density at radius 3 is 2.47 bits per heavy atom. The number of nitrogens with one attached hydrogen (secondary N) is 1. The van der Waals surface area contributed by atoms with E-state index in [9.17, 15) is 5.26 Å². The van der Waals surface area contributed by atoms with Crippen LogP contribution in [0.5, 0.6) is 0 Å². The topological polar surface area (TPSA) is 63.5 Å². The van der Waals surface area contributed by atoms with E-state index in [1.165, 1.54) is 16.0 Å². The number of likely N-dealkylation sites (N-methyl/N-ethyl adjacent to an activating group) is 1. The number of quaternary nitrogens is 1. The molecular weight excluding hydrogens is 370 g/mol. The first-order valence-electron chi connectivity index (χ1n) is 10.5. The van der Waals surface area contributed by atoms with E-state index in [1.54, 1.807) is 0 Å². The van der Waals surface area contributed by atoms with Crippen LogP contribution in [0.15, 0.2) is 83.1 Å². The fraction of sp³-hybridized carbons (Fsp3) is 0.269. The first kappa shape index (κ1) is 20.0. The molecule has 2 aromatic rings. The van der Waals surface area contributed by atoms with Crippen LogP contribution in [0.3, 0.4) is 0 Å². The van der Waals surface area contributed by atoms with E-state index in [-0.39, 0.29) is 11.8 Å². The molecule has 0 fully saturated rings. The van der Waals surface area contributed by atoms with E-state index < -0.39 is 0 Å². The lowest BCUT2D eigenvalue weighted by molar-refractivity contribution is -0.841.